The highest BCUT2D eigenvalue weighted by molar-refractivity contribution is 7.99. The van der Waals surface area contributed by atoms with Crippen molar-refractivity contribution >= 4 is 39.0 Å². The molecule has 0 fully saturated rings. The number of carbonyl (C=O) groups excluding carboxylic acids is 1. The van der Waals surface area contributed by atoms with Gasteiger partial charge in [-0.25, -0.2) is 13.1 Å². The van der Waals surface area contributed by atoms with Crippen LogP contribution in [0.25, 0.3) is 0 Å². The first kappa shape index (κ1) is 19.3. The Labute approximate surface area is 151 Å². The molecule has 0 saturated carbocycles. The lowest BCUT2D eigenvalue weighted by Crippen LogP contribution is -2.21. The average molecular weight is 383 g/mol. The van der Waals surface area contributed by atoms with E-state index in [1.165, 1.54) is 22.0 Å². The molecule has 0 aliphatic rings. The maximum atomic E-state index is 12.2. The fourth-order valence-electron chi connectivity index (χ4n) is 2.33. The molecule has 0 atom stereocenters. The van der Waals surface area contributed by atoms with Gasteiger partial charge in [0.2, 0.25) is 5.91 Å². The Balaban J connectivity index is 2.17. The lowest BCUT2D eigenvalue weighted by molar-refractivity contribution is -0.116. The molecule has 1 aromatic heterocycles. The van der Waals surface area contributed by atoms with Crippen molar-refractivity contribution in [2.45, 2.75) is 36.2 Å². The summed E-state index contributed by atoms with van der Waals surface area (Å²) in [4.78, 5) is 12.2. The van der Waals surface area contributed by atoms with Crippen LogP contribution in [0.3, 0.4) is 0 Å². The normalized spacial score (nSPS) is 11.7. The molecule has 1 amide bonds. The highest BCUT2D eigenvalue weighted by Gasteiger charge is 2.24. The summed E-state index contributed by atoms with van der Waals surface area (Å²) in [6.45, 7) is 4.02. The number of hydrogen-bond donors (Lipinski definition) is 2. The fraction of sp³-hybridized carbons (Fsp3) is 0.375. The second-order valence-corrected chi connectivity index (χ2v) is 8.73. The number of benzene rings is 1. The van der Waals surface area contributed by atoms with Gasteiger partial charge in [0.1, 0.15) is 22.3 Å². The molecular formula is C16H22N4O3S2. The second-order valence-electron chi connectivity index (χ2n) is 5.98. The molecule has 9 heteroatoms. The molecule has 7 nitrogen and oxygen atoms in total. The van der Waals surface area contributed by atoms with Crippen LogP contribution in [-0.2, 0) is 21.2 Å². The molecule has 0 radical (unpaired) electrons. The van der Waals surface area contributed by atoms with Gasteiger partial charge in [-0.3, -0.25) is 4.79 Å². The summed E-state index contributed by atoms with van der Waals surface area (Å²) in [6, 6.07) is 7.57. The van der Waals surface area contributed by atoms with Gasteiger partial charge < -0.3 is 11.1 Å². The molecule has 1 heterocycles. The molecule has 2 aromatic rings. The predicted molar refractivity (Wildman–Crippen MR) is 101 cm³/mol. The quantitative estimate of drug-likeness (QED) is 0.743. The van der Waals surface area contributed by atoms with E-state index in [-0.39, 0.29) is 28.2 Å². The number of nitrogens with zero attached hydrogens (tertiary/aromatic N) is 2. The first-order chi connectivity index (χ1) is 11.6. The van der Waals surface area contributed by atoms with E-state index in [1.807, 2.05) is 24.3 Å². The number of nitrogens with two attached hydrogens (primary N) is 1. The van der Waals surface area contributed by atoms with Crippen LogP contribution in [0.5, 0.6) is 0 Å². The summed E-state index contributed by atoms with van der Waals surface area (Å²) in [7, 11) is -3.52. The van der Waals surface area contributed by atoms with Gasteiger partial charge in [-0.05, 0) is 29.9 Å². The van der Waals surface area contributed by atoms with Gasteiger partial charge in [-0.2, -0.15) is 5.10 Å². The van der Waals surface area contributed by atoms with E-state index < -0.39 is 9.84 Å². The molecule has 0 aliphatic carbocycles. The molecule has 3 N–H and O–H groups in total. The lowest BCUT2D eigenvalue weighted by atomic mass is 10.0. The first-order valence-corrected chi connectivity index (χ1v) is 10.7. The molecular weight excluding hydrogens is 360 g/mol. The van der Waals surface area contributed by atoms with Gasteiger partial charge in [0.25, 0.3) is 0 Å². The molecule has 0 unspecified atom stereocenters. The molecule has 136 valence electrons. The van der Waals surface area contributed by atoms with E-state index in [9.17, 15) is 13.2 Å². The second kappa shape index (κ2) is 7.49. The number of aromatic nitrogens is 2. The van der Waals surface area contributed by atoms with Gasteiger partial charge in [-0.15, -0.1) is 11.8 Å². The third-order valence-corrected chi connectivity index (χ3v) is 5.58. The average Bonchev–Trinajstić information content (AvgIpc) is 2.83. The topological polar surface area (TPSA) is 107 Å². The number of thioether (sulfide) groups is 1. The summed E-state index contributed by atoms with van der Waals surface area (Å²) >= 11 is 1.17. The minimum atomic E-state index is -3.52. The number of sulfone groups is 1. The van der Waals surface area contributed by atoms with Crippen molar-refractivity contribution in [3.63, 3.8) is 0 Å². The van der Waals surface area contributed by atoms with Crippen molar-refractivity contribution < 1.29 is 13.2 Å². The molecule has 0 saturated heterocycles. The van der Waals surface area contributed by atoms with Crippen molar-refractivity contribution in [2.75, 3.05) is 23.6 Å². The number of hydrogen-bond acceptors (Lipinski definition) is 6. The number of carbonyl (C=O) groups is 1. The minimum absolute atomic E-state index is 0.0304. The molecule has 0 bridgehead atoms. The largest absolute Gasteiger partial charge is 0.383 e. The van der Waals surface area contributed by atoms with Crippen LogP contribution < -0.4 is 11.1 Å². The van der Waals surface area contributed by atoms with Crippen molar-refractivity contribution in [3.8, 4) is 0 Å². The minimum Gasteiger partial charge on any atom is -0.383 e. The Morgan fingerprint density at radius 2 is 1.92 bits per heavy atom. The molecule has 1 aromatic carbocycles. The van der Waals surface area contributed by atoms with Crippen molar-refractivity contribution in [3.05, 3.63) is 29.8 Å². The lowest BCUT2D eigenvalue weighted by Gasteiger charge is -2.09. The Kier molecular flexibility index (Phi) is 5.79. The van der Waals surface area contributed by atoms with Crippen LogP contribution in [0.1, 0.15) is 25.3 Å². The van der Waals surface area contributed by atoms with E-state index in [4.69, 9.17) is 5.73 Å². The third-order valence-electron chi connectivity index (χ3n) is 3.64. The summed E-state index contributed by atoms with van der Waals surface area (Å²) < 4.78 is 24.9. The Bertz CT molecular complexity index is 872. The maximum Gasteiger partial charge on any atom is 0.246 e. The van der Waals surface area contributed by atoms with Gasteiger partial charge in [0.15, 0.2) is 9.84 Å². The van der Waals surface area contributed by atoms with E-state index in [2.05, 4.69) is 24.3 Å². The Hall–Kier alpha value is -2.00. The maximum absolute atomic E-state index is 12.2. The van der Waals surface area contributed by atoms with Crippen molar-refractivity contribution in [1.29, 1.82) is 0 Å². The summed E-state index contributed by atoms with van der Waals surface area (Å²) in [5.41, 5.74) is 7.73. The zero-order valence-electron chi connectivity index (χ0n) is 14.6. The van der Waals surface area contributed by atoms with Crippen LogP contribution in [0.15, 0.2) is 34.2 Å². The molecule has 0 spiro atoms. The van der Waals surface area contributed by atoms with E-state index >= 15 is 0 Å². The van der Waals surface area contributed by atoms with Crippen LogP contribution in [0.2, 0.25) is 0 Å². The summed E-state index contributed by atoms with van der Waals surface area (Å²) in [5.74, 6) is 0.0457. The molecule has 2 rings (SSSR count). The van der Waals surface area contributed by atoms with Crippen LogP contribution in [0, 0.1) is 0 Å². The zero-order valence-corrected chi connectivity index (χ0v) is 16.2. The van der Waals surface area contributed by atoms with Gasteiger partial charge in [0, 0.05) is 11.9 Å². The van der Waals surface area contributed by atoms with Gasteiger partial charge in [-0.1, -0.05) is 26.0 Å². The fourth-order valence-corrected chi connectivity index (χ4v) is 4.34. The Morgan fingerprint density at radius 3 is 2.36 bits per heavy atom. The standard InChI is InChI=1S/C16H22N4O3S2/c1-10(2)11-5-7-12(8-6-11)18-13(21)9-20-15(17)14(25(4,22)23)16(19-20)24-3/h5-8,10H,9,17H2,1-4H3,(H,18,21). The van der Waals surface area contributed by atoms with Crippen molar-refractivity contribution in [2.24, 2.45) is 0 Å². The van der Waals surface area contributed by atoms with E-state index in [0.717, 1.165) is 6.26 Å². The predicted octanol–water partition coefficient (Wildman–Crippen LogP) is 2.35. The highest BCUT2D eigenvalue weighted by Crippen LogP contribution is 2.29. The number of amides is 1. The third kappa shape index (κ3) is 4.55. The SMILES string of the molecule is CSc1nn(CC(=O)Nc2ccc(C(C)C)cc2)c(N)c1S(C)(=O)=O. The highest BCUT2D eigenvalue weighted by atomic mass is 32.2. The number of anilines is 2. The van der Waals surface area contributed by atoms with E-state index in [0.29, 0.717) is 11.6 Å². The summed E-state index contributed by atoms with van der Waals surface area (Å²) in [5, 5.41) is 7.17. The molecule has 25 heavy (non-hydrogen) atoms. The first-order valence-electron chi connectivity index (χ1n) is 7.63. The van der Waals surface area contributed by atoms with Crippen molar-refractivity contribution in [1.82, 2.24) is 9.78 Å². The summed E-state index contributed by atoms with van der Waals surface area (Å²) in [6.07, 6.45) is 2.78. The van der Waals surface area contributed by atoms with Crippen LogP contribution in [0.4, 0.5) is 11.5 Å². The molecule has 0 aliphatic heterocycles. The smallest absolute Gasteiger partial charge is 0.246 e. The number of rotatable bonds is 6. The number of nitrogens with one attached hydrogen (secondary N) is 1. The number of nitrogen functional groups attached to an aromatic ring is 1. The van der Waals surface area contributed by atoms with Crippen LogP contribution in [-0.4, -0.2) is 36.6 Å². The zero-order chi connectivity index (χ0) is 18.8. The monoisotopic (exact) mass is 382 g/mol. The Morgan fingerprint density at radius 1 is 1.32 bits per heavy atom. The van der Waals surface area contributed by atoms with Gasteiger partial charge >= 0.3 is 0 Å². The van der Waals surface area contributed by atoms with Gasteiger partial charge in [0.05, 0.1) is 0 Å². The van der Waals surface area contributed by atoms with Crippen LogP contribution >= 0.6 is 11.8 Å². The van der Waals surface area contributed by atoms with E-state index in [1.54, 1.807) is 6.26 Å².